The highest BCUT2D eigenvalue weighted by Crippen LogP contribution is 2.29. The molecule has 25 heavy (non-hydrogen) atoms. The molecule has 0 spiro atoms. The SMILES string of the molecule is CN1[C@@H]2CC[C@H]1CN(C(=O)c1cccc(CC3CCNCC3)c1)CC2. The van der Waals surface area contributed by atoms with Gasteiger partial charge in [0.05, 0.1) is 0 Å². The van der Waals surface area contributed by atoms with E-state index in [0.717, 1.165) is 50.5 Å². The second-order valence-corrected chi connectivity index (χ2v) is 8.19. The highest BCUT2D eigenvalue weighted by molar-refractivity contribution is 5.94. The highest BCUT2D eigenvalue weighted by atomic mass is 16.2. The second-order valence-electron chi connectivity index (χ2n) is 8.19. The predicted octanol–water partition coefficient (Wildman–Crippen LogP) is 2.54. The first kappa shape index (κ1) is 17.0. The minimum absolute atomic E-state index is 0.230. The lowest BCUT2D eigenvalue weighted by molar-refractivity contribution is 0.0740. The van der Waals surface area contributed by atoms with Gasteiger partial charge in [0.15, 0.2) is 0 Å². The first-order valence-corrected chi connectivity index (χ1v) is 10.0. The van der Waals surface area contributed by atoms with Crippen LogP contribution < -0.4 is 5.32 Å². The number of nitrogens with zero attached hydrogens (tertiary/aromatic N) is 2. The fraction of sp³-hybridized carbons (Fsp3) is 0.667. The molecule has 3 saturated heterocycles. The third-order valence-corrected chi connectivity index (χ3v) is 6.59. The van der Waals surface area contributed by atoms with Gasteiger partial charge < -0.3 is 10.2 Å². The van der Waals surface area contributed by atoms with Crippen molar-refractivity contribution in [1.29, 1.82) is 0 Å². The fourth-order valence-electron chi connectivity index (χ4n) is 4.93. The smallest absolute Gasteiger partial charge is 0.253 e. The summed E-state index contributed by atoms with van der Waals surface area (Å²) >= 11 is 0. The number of likely N-dealkylation sites (tertiary alicyclic amines) is 1. The van der Waals surface area contributed by atoms with Gasteiger partial charge >= 0.3 is 0 Å². The summed E-state index contributed by atoms with van der Waals surface area (Å²) < 4.78 is 0. The van der Waals surface area contributed by atoms with Crippen LogP contribution in [0.4, 0.5) is 0 Å². The molecular weight excluding hydrogens is 310 g/mol. The van der Waals surface area contributed by atoms with Gasteiger partial charge in [0.2, 0.25) is 0 Å². The minimum atomic E-state index is 0.230. The number of carbonyl (C=O) groups is 1. The van der Waals surface area contributed by atoms with Gasteiger partial charge in [-0.3, -0.25) is 9.69 Å². The zero-order chi connectivity index (χ0) is 17.2. The van der Waals surface area contributed by atoms with Gasteiger partial charge in [-0.1, -0.05) is 12.1 Å². The lowest BCUT2D eigenvalue weighted by Crippen LogP contribution is -2.39. The Morgan fingerprint density at radius 3 is 2.76 bits per heavy atom. The molecule has 1 aromatic carbocycles. The van der Waals surface area contributed by atoms with E-state index in [-0.39, 0.29) is 5.91 Å². The van der Waals surface area contributed by atoms with E-state index in [1.807, 2.05) is 6.07 Å². The van der Waals surface area contributed by atoms with Gasteiger partial charge in [0.25, 0.3) is 5.91 Å². The molecule has 1 amide bonds. The number of nitrogens with one attached hydrogen (secondary N) is 1. The molecular formula is C21H31N3O. The van der Waals surface area contributed by atoms with Crippen LogP contribution in [0.1, 0.15) is 48.0 Å². The minimum Gasteiger partial charge on any atom is -0.337 e. The molecule has 0 aliphatic carbocycles. The van der Waals surface area contributed by atoms with Crippen LogP contribution >= 0.6 is 0 Å². The number of likely N-dealkylation sites (N-methyl/N-ethyl adjacent to an activating group) is 1. The lowest BCUT2D eigenvalue weighted by atomic mass is 9.90. The summed E-state index contributed by atoms with van der Waals surface area (Å²) in [6, 6.07) is 9.64. The third-order valence-electron chi connectivity index (χ3n) is 6.59. The molecule has 4 heteroatoms. The number of amides is 1. The number of carbonyl (C=O) groups excluding carboxylic acids is 1. The molecule has 3 heterocycles. The average molecular weight is 341 g/mol. The molecule has 4 rings (SSSR count). The van der Waals surface area contributed by atoms with Crippen molar-refractivity contribution in [2.45, 2.75) is 50.6 Å². The summed E-state index contributed by atoms with van der Waals surface area (Å²) in [5.41, 5.74) is 2.21. The summed E-state index contributed by atoms with van der Waals surface area (Å²) in [7, 11) is 2.23. The second kappa shape index (κ2) is 7.46. The summed E-state index contributed by atoms with van der Waals surface area (Å²) in [5, 5.41) is 3.43. The van der Waals surface area contributed by atoms with Crippen molar-refractivity contribution in [3.05, 3.63) is 35.4 Å². The number of hydrogen-bond acceptors (Lipinski definition) is 3. The van der Waals surface area contributed by atoms with Crippen molar-refractivity contribution in [3.8, 4) is 0 Å². The predicted molar refractivity (Wildman–Crippen MR) is 101 cm³/mol. The van der Waals surface area contributed by atoms with E-state index in [1.54, 1.807) is 0 Å². The molecule has 136 valence electrons. The van der Waals surface area contributed by atoms with E-state index in [4.69, 9.17) is 0 Å². The van der Waals surface area contributed by atoms with Crippen LogP contribution in [-0.4, -0.2) is 61.0 Å². The number of piperidine rings is 1. The molecule has 0 unspecified atom stereocenters. The monoisotopic (exact) mass is 341 g/mol. The van der Waals surface area contributed by atoms with E-state index in [1.165, 1.54) is 31.2 Å². The first-order chi connectivity index (χ1) is 12.2. The maximum absolute atomic E-state index is 13.1. The molecule has 0 radical (unpaired) electrons. The van der Waals surface area contributed by atoms with Crippen LogP contribution in [0, 0.1) is 5.92 Å². The van der Waals surface area contributed by atoms with Crippen molar-refractivity contribution in [2.75, 3.05) is 33.2 Å². The third kappa shape index (κ3) is 3.75. The standard InChI is InChI=1S/C21H31N3O/c1-23-19-5-6-20(23)15-24(12-9-19)21(25)18-4-2-3-17(14-18)13-16-7-10-22-11-8-16/h2-4,14,16,19-20,22H,5-13,15H2,1H3/t19-,20+/m1/s1. The molecule has 1 N–H and O–H groups in total. The van der Waals surface area contributed by atoms with Crippen LogP contribution in [0.5, 0.6) is 0 Å². The topological polar surface area (TPSA) is 35.6 Å². The van der Waals surface area contributed by atoms with Crippen LogP contribution in [-0.2, 0) is 6.42 Å². The number of hydrogen-bond donors (Lipinski definition) is 1. The maximum Gasteiger partial charge on any atom is 0.253 e. The van der Waals surface area contributed by atoms with Gasteiger partial charge in [0.1, 0.15) is 0 Å². The van der Waals surface area contributed by atoms with Crippen molar-refractivity contribution in [3.63, 3.8) is 0 Å². The first-order valence-electron chi connectivity index (χ1n) is 10.0. The Labute approximate surface area is 151 Å². The normalized spacial score (nSPS) is 28.1. The quantitative estimate of drug-likeness (QED) is 0.918. The van der Waals surface area contributed by atoms with Crippen LogP contribution in [0.15, 0.2) is 24.3 Å². The zero-order valence-electron chi connectivity index (χ0n) is 15.4. The fourth-order valence-corrected chi connectivity index (χ4v) is 4.93. The number of rotatable bonds is 3. The Kier molecular flexibility index (Phi) is 5.09. The Morgan fingerprint density at radius 2 is 1.92 bits per heavy atom. The van der Waals surface area contributed by atoms with Gasteiger partial charge in [-0.2, -0.15) is 0 Å². The number of benzene rings is 1. The highest BCUT2D eigenvalue weighted by Gasteiger charge is 2.36. The van der Waals surface area contributed by atoms with Gasteiger partial charge in [-0.05, 0) is 82.3 Å². The summed E-state index contributed by atoms with van der Waals surface area (Å²) in [6.07, 6.45) is 7.26. The molecule has 2 atom stereocenters. The molecule has 3 aliphatic rings. The van der Waals surface area contributed by atoms with Crippen molar-refractivity contribution in [1.82, 2.24) is 15.1 Å². The Balaban J connectivity index is 1.44. The van der Waals surface area contributed by atoms with E-state index >= 15 is 0 Å². The maximum atomic E-state index is 13.1. The average Bonchev–Trinajstić information content (AvgIpc) is 2.88. The molecule has 3 fully saturated rings. The van der Waals surface area contributed by atoms with Crippen LogP contribution in [0.2, 0.25) is 0 Å². The summed E-state index contributed by atoms with van der Waals surface area (Å²) in [4.78, 5) is 17.7. The zero-order valence-corrected chi connectivity index (χ0v) is 15.4. The molecule has 4 nitrogen and oxygen atoms in total. The van der Waals surface area contributed by atoms with Crippen LogP contribution in [0.25, 0.3) is 0 Å². The molecule has 0 aromatic heterocycles. The summed E-state index contributed by atoms with van der Waals surface area (Å²) in [6.45, 7) is 4.06. The van der Waals surface area contributed by atoms with Gasteiger partial charge in [-0.25, -0.2) is 0 Å². The Hall–Kier alpha value is -1.39. The van der Waals surface area contributed by atoms with E-state index < -0.39 is 0 Å². The molecule has 3 aliphatic heterocycles. The van der Waals surface area contributed by atoms with E-state index in [0.29, 0.717) is 12.1 Å². The van der Waals surface area contributed by atoms with Crippen molar-refractivity contribution in [2.24, 2.45) is 5.92 Å². The van der Waals surface area contributed by atoms with Gasteiger partial charge in [-0.15, -0.1) is 0 Å². The molecule has 1 aromatic rings. The Bertz CT molecular complexity index is 611. The van der Waals surface area contributed by atoms with Gasteiger partial charge in [0, 0.05) is 30.7 Å². The largest absolute Gasteiger partial charge is 0.337 e. The number of fused-ring (bicyclic) bond motifs is 2. The van der Waals surface area contributed by atoms with Crippen molar-refractivity contribution < 1.29 is 4.79 Å². The van der Waals surface area contributed by atoms with E-state index in [2.05, 4.69) is 40.4 Å². The lowest BCUT2D eigenvalue weighted by Gasteiger charge is -2.26. The van der Waals surface area contributed by atoms with Crippen molar-refractivity contribution >= 4 is 5.91 Å². The molecule has 0 saturated carbocycles. The molecule has 2 bridgehead atoms. The van der Waals surface area contributed by atoms with E-state index in [9.17, 15) is 4.79 Å². The van der Waals surface area contributed by atoms with Crippen LogP contribution in [0.3, 0.4) is 0 Å². The summed E-state index contributed by atoms with van der Waals surface area (Å²) in [5.74, 6) is 0.988. The Morgan fingerprint density at radius 1 is 1.12 bits per heavy atom.